The minimum absolute atomic E-state index is 0.0479. The van der Waals surface area contributed by atoms with Gasteiger partial charge in [0, 0.05) is 5.56 Å². The van der Waals surface area contributed by atoms with E-state index in [2.05, 4.69) is 0 Å². The van der Waals surface area contributed by atoms with Gasteiger partial charge in [-0.15, -0.1) is 0 Å². The van der Waals surface area contributed by atoms with E-state index in [9.17, 15) is 9.90 Å². The first kappa shape index (κ1) is 14.2. The zero-order chi connectivity index (χ0) is 14.9. The quantitative estimate of drug-likeness (QED) is 0.872. The lowest BCUT2D eigenvalue weighted by Crippen LogP contribution is -2.03. The molecule has 2 aromatic rings. The Morgan fingerprint density at radius 1 is 1.35 bits per heavy atom. The normalized spacial score (nSPS) is 10.6. The number of benzene rings is 1. The first-order valence-corrected chi connectivity index (χ1v) is 6.40. The second kappa shape index (κ2) is 5.41. The fourth-order valence-corrected chi connectivity index (χ4v) is 2.22. The third-order valence-electron chi connectivity index (χ3n) is 3.14. The van der Waals surface area contributed by atoms with Crippen molar-refractivity contribution in [2.45, 2.75) is 27.2 Å². The predicted molar refractivity (Wildman–Crippen MR) is 78.6 cm³/mol. The maximum absolute atomic E-state index is 11.9. The van der Waals surface area contributed by atoms with Crippen LogP contribution < -0.4 is 10.4 Å². The van der Waals surface area contributed by atoms with E-state index in [4.69, 9.17) is 9.15 Å². The Kier molecular flexibility index (Phi) is 3.84. The van der Waals surface area contributed by atoms with Gasteiger partial charge in [0.2, 0.25) is 0 Å². The molecule has 0 fully saturated rings. The molecule has 0 unspecified atom stereocenters. The topological polar surface area (TPSA) is 59.7 Å². The van der Waals surface area contributed by atoms with Crippen LogP contribution in [0.15, 0.2) is 33.0 Å². The number of allylic oxidation sites excluding steroid dienone is 2. The number of hydrogen-bond donors (Lipinski definition) is 1. The summed E-state index contributed by atoms with van der Waals surface area (Å²) in [6, 6.07) is 3.19. The minimum Gasteiger partial charge on any atom is -0.504 e. The van der Waals surface area contributed by atoms with Crippen molar-refractivity contribution in [2.75, 3.05) is 7.11 Å². The van der Waals surface area contributed by atoms with Gasteiger partial charge in [0.1, 0.15) is 5.76 Å². The number of phenols is 1. The Labute approximate surface area is 117 Å². The molecule has 0 amide bonds. The molecule has 1 heterocycles. The van der Waals surface area contributed by atoms with Gasteiger partial charge in [-0.25, -0.2) is 4.79 Å². The summed E-state index contributed by atoms with van der Waals surface area (Å²) in [6.07, 6.45) is 2.61. The standard InChI is InChI=1S/C16H18O4/c1-9(2)5-6-11-12-7-10(3)20-16(18)13(12)8-14(17)15(11)19-4/h5,7-8,17H,6H2,1-4H3. The third-order valence-corrected chi connectivity index (χ3v) is 3.14. The van der Waals surface area contributed by atoms with Crippen LogP contribution in [0.2, 0.25) is 0 Å². The van der Waals surface area contributed by atoms with Crippen LogP contribution in [0, 0.1) is 6.92 Å². The molecular weight excluding hydrogens is 256 g/mol. The molecule has 0 atom stereocenters. The van der Waals surface area contributed by atoms with E-state index in [-0.39, 0.29) is 5.75 Å². The summed E-state index contributed by atoms with van der Waals surface area (Å²) in [6.45, 7) is 5.72. The number of methoxy groups -OCH3 is 1. The molecule has 0 aliphatic rings. The van der Waals surface area contributed by atoms with Crippen LogP contribution in [0.3, 0.4) is 0 Å². The van der Waals surface area contributed by atoms with Crippen LogP contribution in [-0.2, 0) is 6.42 Å². The lowest BCUT2D eigenvalue weighted by atomic mass is 10.0. The number of rotatable bonds is 3. The van der Waals surface area contributed by atoms with Gasteiger partial charge in [-0.05, 0) is 44.7 Å². The zero-order valence-electron chi connectivity index (χ0n) is 12.1. The number of aryl methyl sites for hydroxylation is 1. The molecule has 0 saturated carbocycles. The summed E-state index contributed by atoms with van der Waals surface area (Å²) in [5.41, 5.74) is 1.50. The highest BCUT2D eigenvalue weighted by atomic mass is 16.5. The summed E-state index contributed by atoms with van der Waals surface area (Å²) in [5, 5.41) is 11.1. The van der Waals surface area contributed by atoms with E-state index in [1.807, 2.05) is 19.9 Å². The molecule has 1 N–H and O–H groups in total. The van der Waals surface area contributed by atoms with Gasteiger partial charge >= 0.3 is 5.63 Å². The Balaban J connectivity index is 2.84. The maximum atomic E-state index is 11.9. The van der Waals surface area contributed by atoms with Crippen LogP contribution in [0.4, 0.5) is 0 Å². The van der Waals surface area contributed by atoms with Gasteiger partial charge in [0.25, 0.3) is 0 Å². The van der Waals surface area contributed by atoms with Crippen LogP contribution in [0.5, 0.6) is 11.5 Å². The number of hydrogen-bond acceptors (Lipinski definition) is 4. The second-order valence-electron chi connectivity index (χ2n) is 5.00. The SMILES string of the molecule is COc1c(O)cc2c(=O)oc(C)cc2c1CC=C(C)C. The predicted octanol–water partition coefficient (Wildman–Crippen LogP) is 3.32. The smallest absolute Gasteiger partial charge is 0.343 e. The van der Waals surface area contributed by atoms with Crippen LogP contribution in [-0.4, -0.2) is 12.2 Å². The molecule has 4 heteroatoms. The lowest BCUT2D eigenvalue weighted by Gasteiger charge is -2.12. The molecule has 20 heavy (non-hydrogen) atoms. The van der Waals surface area contributed by atoms with Crippen molar-refractivity contribution in [2.24, 2.45) is 0 Å². The summed E-state index contributed by atoms with van der Waals surface area (Å²) >= 11 is 0. The van der Waals surface area contributed by atoms with Crippen molar-refractivity contribution < 1.29 is 14.3 Å². The number of ether oxygens (including phenoxy) is 1. The number of aromatic hydroxyl groups is 1. The minimum atomic E-state index is -0.448. The van der Waals surface area contributed by atoms with Gasteiger partial charge in [0.15, 0.2) is 11.5 Å². The van der Waals surface area contributed by atoms with E-state index in [0.29, 0.717) is 23.3 Å². The number of phenolic OH excluding ortho intramolecular Hbond substituents is 1. The highest BCUT2D eigenvalue weighted by Crippen LogP contribution is 2.36. The highest BCUT2D eigenvalue weighted by Gasteiger charge is 2.16. The van der Waals surface area contributed by atoms with Gasteiger partial charge in [-0.3, -0.25) is 0 Å². The fourth-order valence-electron chi connectivity index (χ4n) is 2.22. The molecule has 2 rings (SSSR count). The molecule has 1 aromatic carbocycles. The summed E-state index contributed by atoms with van der Waals surface area (Å²) < 4.78 is 10.4. The van der Waals surface area contributed by atoms with Crippen molar-refractivity contribution >= 4 is 10.8 Å². The molecule has 0 aliphatic heterocycles. The van der Waals surface area contributed by atoms with Crippen molar-refractivity contribution in [1.82, 2.24) is 0 Å². The van der Waals surface area contributed by atoms with Crippen LogP contribution >= 0.6 is 0 Å². The van der Waals surface area contributed by atoms with Crippen molar-refractivity contribution in [3.05, 3.63) is 45.5 Å². The third kappa shape index (κ3) is 2.54. The first-order valence-electron chi connectivity index (χ1n) is 6.40. The maximum Gasteiger partial charge on any atom is 0.343 e. The summed E-state index contributed by atoms with van der Waals surface area (Å²) in [5.74, 6) is 0.891. The van der Waals surface area contributed by atoms with E-state index in [1.165, 1.54) is 13.2 Å². The molecule has 0 spiro atoms. The Morgan fingerprint density at radius 3 is 2.65 bits per heavy atom. The summed E-state index contributed by atoms with van der Waals surface area (Å²) in [7, 11) is 1.51. The molecule has 0 aliphatic carbocycles. The van der Waals surface area contributed by atoms with E-state index < -0.39 is 5.63 Å². The molecule has 0 saturated heterocycles. The van der Waals surface area contributed by atoms with Crippen LogP contribution in [0.1, 0.15) is 25.2 Å². The Morgan fingerprint density at radius 2 is 2.05 bits per heavy atom. The largest absolute Gasteiger partial charge is 0.504 e. The first-order chi connectivity index (χ1) is 9.43. The Hall–Kier alpha value is -2.23. The molecule has 0 bridgehead atoms. The monoisotopic (exact) mass is 274 g/mol. The van der Waals surface area contributed by atoms with Crippen LogP contribution in [0.25, 0.3) is 10.8 Å². The average Bonchev–Trinajstić information content (AvgIpc) is 2.36. The zero-order valence-corrected chi connectivity index (χ0v) is 12.1. The van der Waals surface area contributed by atoms with Crippen molar-refractivity contribution in [3.63, 3.8) is 0 Å². The van der Waals surface area contributed by atoms with E-state index in [1.54, 1.807) is 13.0 Å². The Bertz CT molecular complexity index is 734. The molecule has 0 radical (unpaired) electrons. The highest BCUT2D eigenvalue weighted by molar-refractivity contribution is 5.89. The number of fused-ring (bicyclic) bond motifs is 1. The van der Waals surface area contributed by atoms with E-state index >= 15 is 0 Å². The van der Waals surface area contributed by atoms with E-state index in [0.717, 1.165) is 16.5 Å². The molecular formula is C16H18O4. The molecule has 106 valence electrons. The van der Waals surface area contributed by atoms with Gasteiger partial charge in [0.05, 0.1) is 12.5 Å². The molecule has 1 aromatic heterocycles. The molecule has 4 nitrogen and oxygen atoms in total. The van der Waals surface area contributed by atoms with Gasteiger partial charge in [-0.2, -0.15) is 0 Å². The average molecular weight is 274 g/mol. The fraction of sp³-hybridized carbons (Fsp3) is 0.312. The van der Waals surface area contributed by atoms with Crippen molar-refractivity contribution in [1.29, 1.82) is 0 Å². The van der Waals surface area contributed by atoms with Gasteiger partial charge < -0.3 is 14.3 Å². The van der Waals surface area contributed by atoms with Crippen molar-refractivity contribution in [3.8, 4) is 11.5 Å². The second-order valence-corrected chi connectivity index (χ2v) is 5.00. The lowest BCUT2D eigenvalue weighted by molar-refractivity contribution is 0.371. The van der Waals surface area contributed by atoms with Gasteiger partial charge in [-0.1, -0.05) is 11.6 Å². The summed E-state index contributed by atoms with van der Waals surface area (Å²) in [4.78, 5) is 11.9.